The van der Waals surface area contributed by atoms with Crippen molar-refractivity contribution in [3.05, 3.63) is 66.0 Å². The lowest BCUT2D eigenvalue weighted by atomic mass is 10.1. The molecule has 0 radical (unpaired) electrons. The van der Waals surface area contributed by atoms with Crippen LogP contribution in [0.25, 0.3) is 0 Å². The molecule has 150 valence electrons. The predicted molar refractivity (Wildman–Crippen MR) is 105 cm³/mol. The first kappa shape index (κ1) is 20.4. The Labute approximate surface area is 165 Å². The van der Waals surface area contributed by atoms with E-state index in [-0.39, 0.29) is 36.5 Å². The van der Waals surface area contributed by atoms with Crippen molar-refractivity contribution in [1.29, 1.82) is 0 Å². The first-order chi connectivity index (χ1) is 13.4. The van der Waals surface area contributed by atoms with Gasteiger partial charge in [0.25, 0.3) is 0 Å². The first-order valence-corrected chi connectivity index (χ1v) is 10.6. The SMILES string of the molecule is C[C@H](NC(=O)CN1CCN(S(=O)(=O)c2ccccc2F)CC1)c1ccccc1. The third-order valence-electron chi connectivity index (χ3n) is 4.83. The number of carbonyl (C=O) groups is 1. The third-order valence-corrected chi connectivity index (χ3v) is 6.76. The van der Waals surface area contributed by atoms with Crippen LogP contribution in [0.5, 0.6) is 0 Å². The number of carbonyl (C=O) groups excluding carboxylic acids is 1. The fraction of sp³-hybridized carbons (Fsp3) is 0.350. The summed E-state index contributed by atoms with van der Waals surface area (Å²) in [5.74, 6) is -0.860. The second-order valence-corrected chi connectivity index (χ2v) is 8.72. The normalized spacial score (nSPS) is 17.2. The molecule has 2 aromatic carbocycles. The average molecular weight is 405 g/mol. The minimum Gasteiger partial charge on any atom is -0.348 e. The van der Waals surface area contributed by atoms with Crippen LogP contribution in [0.1, 0.15) is 18.5 Å². The summed E-state index contributed by atoms with van der Waals surface area (Å²) >= 11 is 0. The molecule has 0 unspecified atom stereocenters. The summed E-state index contributed by atoms with van der Waals surface area (Å²) < 4.78 is 40.4. The quantitative estimate of drug-likeness (QED) is 0.798. The minimum atomic E-state index is -3.87. The van der Waals surface area contributed by atoms with Crippen molar-refractivity contribution in [2.24, 2.45) is 0 Å². The molecule has 1 amide bonds. The fourth-order valence-electron chi connectivity index (χ4n) is 3.24. The molecule has 0 aromatic heterocycles. The van der Waals surface area contributed by atoms with E-state index in [1.54, 1.807) is 0 Å². The molecule has 1 aliphatic rings. The van der Waals surface area contributed by atoms with Crippen LogP contribution in [0.3, 0.4) is 0 Å². The van der Waals surface area contributed by atoms with Crippen molar-refractivity contribution in [3.63, 3.8) is 0 Å². The van der Waals surface area contributed by atoms with Gasteiger partial charge >= 0.3 is 0 Å². The van der Waals surface area contributed by atoms with Gasteiger partial charge in [0.2, 0.25) is 15.9 Å². The van der Waals surface area contributed by atoms with Crippen LogP contribution in [-0.2, 0) is 14.8 Å². The van der Waals surface area contributed by atoms with Crippen molar-refractivity contribution in [1.82, 2.24) is 14.5 Å². The number of benzene rings is 2. The Bertz CT molecular complexity index is 913. The van der Waals surface area contributed by atoms with Crippen LogP contribution in [0.15, 0.2) is 59.5 Å². The van der Waals surface area contributed by atoms with Crippen LogP contribution in [0.4, 0.5) is 4.39 Å². The average Bonchev–Trinajstić information content (AvgIpc) is 2.69. The first-order valence-electron chi connectivity index (χ1n) is 9.19. The Morgan fingerprint density at radius 2 is 1.64 bits per heavy atom. The summed E-state index contributed by atoms with van der Waals surface area (Å²) in [7, 11) is -3.87. The molecule has 1 fully saturated rings. The van der Waals surface area contributed by atoms with Crippen LogP contribution < -0.4 is 5.32 Å². The number of hydrogen-bond acceptors (Lipinski definition) is 4. The Balaban J connectivity index is 1.53. The fourth-order valence-corrected chi connectivity index (χ4v) is 4.72. The Kier molecular flexibility index (Phi) is 6.43. The monoisotopic (exact) mass is 405 g/mol. The molecule has 6 nitrogen and oxygen atoms in total. The van der Waals surface area contributed by atoms with Gasteiger partial charge in [-0.1, -0.05) is 42.5 Å². The molecule has 0 bridgehead atoms. The van der Waals surface area contributed by atoms with Crippen molar-refractivity contribution < 1.29 is 17.6 Å². The van der Waals surface area contributed by atoms with E-state index in [1.165, 1.54) is 22.5 Å². The van der Waals surface area contributed by atoms with E-state index in [4.69, 9.17) is 0 Å². The maximum absolute atomic E-state index is 13.9. The Morgan fingerprint density at radius 1 is 1.04 bits per heavy atom. The van der Waals surface area contributed by atoms with Crippen LogP contribution in [0, 0.1) is 5.82 Å². The van der Waals surface area contributed by atoms with Gasteiger partial charge in [-0.25, -0.2) is 12.8 Å². The molecular weight excluding hydrogens is 381 g/mol. The number of rotatable bonds is 6. The largest absolute Gasteiger partial charge is 0.348 e. The minimum absolute atomic E-state index is 0.101. The van der Waals surface area contributed by atoms with Gasteiger partial charge < -0.3 is 5.32 Å². The summed E-state index contributed by atoms with van der Waals surface area (Å²) in [4.78, 5) is 13.9. The number of halogens is 1. The number of amides is 1. The lowest BCUT2D eigenvalue weighted by Gasteiger charge is -2.33. The van der Waals surface area contributed by atoms with E-state index in [1.807, 2.05) is 42.2 Å². The van der Waals surface area contributed by atoms with E-state index in [9.17, 15) is 17.6 Å². The smallest absolute Gasteiger partial charge is 0.246 e. The van der Waals surface area contributed by atoms with E-state index in [0.29, 0.717) is 13.1 Å². The number of nitrogens with zero attached hydrogens (tertiary/aromatic N) is 2. The lowest BCUT2D eigenvalue weighted by Crippen LogP contribution is -2.51. The second kappa shape index (κ2) is 8.81. The van der Waals surface area contributed by atoms with Gasteiger partial charge in [-0.3, -0.25) is 9.69 Å². The molecule has 3 rings (SSSR count). The van der Waals surface area contributed by atoms with E-state index in [0.717, 1.165) is 11.6 Å². The van der Waals surface area contributed by atoms with Crippen LogP contribution in [0.2, 0.25) is 0 Å². The molecular formula is C20H24FN3O3S. The maximum atomic E-state index is 13.9. The zero-order chi connectivity index (χ0) is 20.1. The van der Waals surface area contributed by atoms with Gasteiger partial charge in [0.15, 0.2) is 0 Å². The molecule has 0 spiro atoms. The van der Waals surface area contributed by atoms with E-state index >= 15 is 0 Å². The summed E-state index contributed by atoms with van der Waals surface area (Å²) in [5, 5.41) is 2.96. The van der Waals surface area contributed by atoms with Crippen molar-refractivity contribution in [2.75, 3.05) is 32.7 Å². The maximum Gasteiger partial charge on any atom is 0.246 e. The van der Waals surface area contributed by atoms with E-state index in [2.05, 4.69) is 5.32 Å². The van der Waals surface area contributed by atoms with Gasteiger partial charge in [0.1, 0.15) is 10.7 Å². The molecule has 1 aliphatic heterocycles. The summed E-state index contributed by atoms with van der Waals surface area (Å²) in [6.45, 7) is 3.40. The van der Waals surface area contributed by atoms with Crippen molar-refractivity contribution in [3.8, 4) is 0 Å². The zero-order valence-electron chi connectivity index (χ0n) is 15.7. The highest BCUT2D eigenvalue weighted by molar-refractivity contribution is 7.89. The zero-order valence-corrected chi connectivity index (χ0v) is 16.5. The molecule has 28 heavy (non-hydrogen) atoms. The van der Waals surface area contributed by atoms with Crippen LogP contribution in [-0.4, -0.2) is 56.3 Å². The summed E-state index contributed by atoms with van der Waals surface area (Å²) in [6, 6.07) is 15.0. The summed E-state index contributed by atoms with van der Waals surface area (Å²) in [6.07, 6.45) is 0. The standard InChI is InChI=1S/C20H24FN3O3S/c1-16(17-7-3-2-4-8-17)22-20(25)15-23-11-13-24(14-12-23)28(26,27)19-10-6-5-9-18(19)21/h2-10,16H,11-15H2,1H3,(H,22,25)/t16-/m0/s1. The van der Waals surface area contributed by atoms with Crippen LogP contribution >= 0.6 is 0 Å². The van der Waals surface area contributed by atoms with Crippen molar-refractivity contribution >= 4 is 15.9 Å². The number of sulfonamides is 1. The highest BCUT2D eigenvalue weighted by Crippen LogP contribution is 2.20. The van der Waals surface area contributed by atoms with Gasteiger partial charge in [-0.15, -0.1) is 0 Å². The molecule has 2 aromatic rings. The van der Waals surface area contributed by atoms with Gasteiger partial charge in [0.05, 0.1) is 12.6 Å². The Morgan fingerprint density at radius 3 is 2.29 bits per heavy atom. The predicted octanol–water partition coefficient (Wildman–Crippen LogP) is 2.01. The van der Waals surface area contributed by atoms with Gasteiger partial charge in [0, 0.05) is 26.2 Å². The lowest BCUT2D eigenvalue weighted by molar-refractivity contribution is -0.123. The molecule has 8 heteroatoms. The number of nitrogens with one attached hydrogen (secondary N) is 1. The third kappa shape index (κ3) is 4.76. The van der Waals surface area contributed by atoms with Crippen molar-refractivity contribution in [2.45, 2.75) is 17.9 Å². The highest BCUT2D eigenvalue weighted by Gasteiger charge is 2.30. The number of hydrogen-bond donors (Lipinski definition) is 1. The Hall–Kier alpha value is -2.29. The van der Waals surface area contributed by atoms with E-state index < -0.39 is 15.8 Å². The topological polar surface area (TPSA) is 69.7 Å². The second-order valence-electron chi connectivity index (χ2n) is 6.81. The molecule has 0 saturated carbocycles. The number of piperazine rings is 1. The molecule has 1 heterocycles. The highest BCUT2D eigenvalue weighted by atomic mass is 32.2. The molecule has 1 atom stereocenters. The molecule has 0 aliphatic carbocycles. The van der Waals surface area contributed by atoms with Gasteiger partial charge in [-0.2, -0.15) is 4.31 Å². The van der Waals surface area contributed by atoms with Gasteiger partial charge in [-0.05, 0) is 24.6 Å². The molecule has 1 saturated heterocycles. The molecule has 1 N–H and O–H groups in total. The summed E-state index contributed by atoms with van der Waals surface area (Å²) in [5.41, 5.74) is 1.02.